The first-order valence-corrected chi connectivity index (χ1v) is 10.3. The molecule has 0 radical (unpaired) electrons. The molecule has 7 nitrogen and oxygen atoms in total. The largest absolute Gasteiger partial charge is 0.368 e. The highest BCUT2D eigenvalue weighted by Crippen LogP contribution is 2.35. The summed E-state index contributed by atoms with van der Waals surface area (Å²) in [6, 6.07) is 7.29. The van der Waals surface area contributed by atoms with Crippen LogP contribution in [0, 0.1) is 11.8 Å². The van der Waals surface area contributed by atoms with Crippen molar-refractivity contribution in [2.45, 2.75) is 39.2 Å². The number of nitrogens with one attached hydrogen (secondary N) is 2. The third-order valence-corrected chi connectivity index (χ3v) is 5.66. The molecule has 2 fully saturated rings. The van der Waals surface area contributed by atoms with Gasteiger partial charge in [-0.05, 0) is 49.3 Å². The molecule has 152 valence electrons. The molecule has 2 unspecified atom stereocenters. The van der Waals surface area contributed by atoms with Gasteiger partial charge in [-0.3, -0.25) is 9.59 Å². The van der Waals surface area contributed by atoms with Crippen LogP contribution in [-0.4, -0.2) is 48.9 Å². The predicted molar refractivity (Wildman–Crippen MR) is 110 cm³/mol. The van der Waals surface area contributed by atoms with E-state index in [2.05, 4.69) is 22.5 Å². The Hall–Kier alpha value is -2.57. The molecule has 0 aromatic heterocycles. The number of nitrogens with two attached hydrogens (primary N) is 1. The van der Waals surface area contributed by atoms with E-state index in [1.165, 1.54) is 25.7 Å². The molecule has 4 N–H and O–H groups in total. The summed E-state index contributed by atoms with van der Waals surface area (Å²) in [7, 11) is 0. The smallest absolute Gasteiger partial charge is 0.251 e. The van der Waals surface area contributed by atoms with Crippen molar-refractivity contribution in [1.29, 1.82) is 0 Å². The number of hydrogen-bond acceptors (Lipinski definition) is 3. The Morgan fingerprint density at radius 2 is 1.75 bits per heavy atom. The van der Waals surface area contributed by atoms with E-state index < -0.39 is 5.91 Å². The minimum atomic E-state index is -0.558. The zero-order valence-corrected chi connectivity index (χ0v) is 16.6. The van der Waals surface area contributed by atoms with Crippen LogP contribution < -0.4 is 16.4 Å². The van der Waals surface area contributed by atoms with Crippen LogP contribution in [0.25, 0.3) is 0 Å². The van der Waals surface area contributed by atoms with E-state index in [0.29, 0.717) is 12.1 Å². The third kappa shape index (κ3) is 5.24. The lowest BCUT2D eigenvalue weighted by Crippen LogP contribution is -2.40. The summed E-state index contributed by atoms with van der Waals surface area (Å²) >= 11 is 0. The molecule has 2 aliphatic rings. The molecule has 1 aliphatic carbocycles. The van der Waals surface area contributed by atoms with Crippen molar-refractivity contribution in [1.82, 2.24) is 15.5 Å². The van der Waals surface area contributed by atoms with Crippen molar-refractivity contribution in [2.24, 2.45) is 22.6 Å². The van der Waals surface area contributed by atoms with E-state index in [9.17, 15) is 9.59 Å². The van der Waals surface area contributed by atoms with E-state index in [1.807, 2.05) is 12.1 Å². The summed E-state index contributed by atoms with van der Waals surface area (Å²) in [6.07, 6.45) is 5.42. The first kappa shape index (κ1) is 20.2. The highest BCUT2D eigenvalue weighted by molar-refractivity contribution is 5.96. The van der Waals surface area contributed by atoms with Crippen LogP contribution in [-0.2, 0) is 11.3 Å². The standard InChI is InChI=1S/C21H31N5O2/c1-2-23-21(26-13-17-5-3-4-6-18(17)14-26)25-11-15-7-9-16(10-8-15)20(28)24-12-19(22)27/h7-10,17-18H,2-6,11-14H2,1H3,(H2,22,27)(H,23,25)(H,24,28). The second-order valence-corrected chi connectivity index (χ2v) is 7.73. The fourth-order valence-electron chi connectivity index (χ4n) is 4.20. The summed E-state index contributed by atoms with van der Waals surface area (Å²) in [4.78, 5) is 30.0. The number of primary amides is 1. The molecule has 1 aliphatic heterocycles. The van der Waals surface area contributed by atoms with E-state index in [1.54, 1.807) is 12.1 Å². The summed E-state index contributed by atoms with van der Waals surface area (Å²) in [6.45, 7) is 5.57. The number of guanidine groups is 1. The molecule has 1 saturated heterocycles. The topological polar surface area (TPSA) is 99.8 Å². The van der Waals surface area contributed by atoms with Crippen LogP contribution >= 0.6 is 0 Å². The van der Waals surface area contributed by atoms with Crippen LogP contribution in [0.2, 0.25) is 0 Å². The lowest BCUT2D eigenvalue weighted by atomic mass is 9.82. The highest BCUT2D eigenvalue weighted by atomic mass is 16.2. The third-order valence-electron chi connectivity index (χ3n) is 5.66. The molecule has 3 rings (SSSR count). The molecule has 0 bridgehead atoms. The van der Waals surface area contributed by atoms with Gasteiger partial charge in [0.1, 0.15) is 0 Å². The lowest BCUT2D eigenvalue weighted by Gasteiger charge is -2.22. The van der Waals surface area contributed by atoms with Gasteiger partial charge in [0.25, 0.3) is 5.91 Å². The molecule has 28 heavy (non-hydrogen) atoms. The second kappa shape index (κ2) is 9.57. The Bertz CT molecular complexity index is 702. The first-order valence-electron chi connectivity index (χ1n) is 10.3. The molecule has 2 atom stereocenters. The molecule has 1 aromatic carbocycles. The average molecular weight is 386 g/mol. The highest BCUT2D eigenvalue weighted by Gasteiger charge is 2.35. The molecular formula is C21H31N5O2. The summed E-state index contributed by atoms with van der Waals surface area (Å²) in [5, 5.41) is 5.92. The van der Waals surface area contributed by atoms with Crippen molar-refractivity contribution < 1.29 is 9.59 Å². The molecular weight excluding hydrogens is 354 g/mol. The minimum Gasteiger partial charge on any atom is -0.368 e. The molecule has 1 aromatic rings. The number of amides is 2. The molecule has 0 spiro atoms. The van der Waals surface area contributed by atoms with Gasteiger partial charge in [0.2, 0.25) is 5.91 Å². The van der Waals surface area contributed by atoms with Gasteiger partial charge in [-0.1, -0.05) is 25.0 Å². The summed E-state index contributed by atoms with van der Waals surface area (Å²) in [5.41, 5.74) is 6.59. The number of hydrogen-bond donors (Lipinski definition) is 3. The van der Waals surface area contributed by atoms with Gasteiger partial charge in [-0.15, -0.1) is 0 Å². The SMILES string of the molecule is CCNC(=NCc1ccc(C(=O)NCC(N)=O)cc1)N1CC2CCCCC2C1. The monoisotopic (exact) mass is 385 g/mol. The molecule has 7 heteroatoms. The maximum atomic E-state index is 11.9. The number of carbonyl (C=O) groups excluding carboxylic acids is 2. The van der Waals surface area contributed by atoms with Gasteiger partial charge in [0, 0.05) is 25.2 Å². The predicted octanol–water partition coefficient (Wildman–Crippen LogP) is 1.49. The number of rotatable bonds is 6. The lowest BCUT2D eigenvalue weighted by molar-refractivity contribution is -0.117. The van der Waals surface area contributed by atoms with Gasteiger partial charge in [0.05, 0.1) is 13.1 Å². The van der Waals surface area contributed by atoms with Gasteiger partial charge >= 0.3 is 0 Å². The summed E-state index contributed by atoms with van der Waals surface area (Å²) < 4.78 is 0. The maximum Gasteiger partial charge on any atom is 0.251 e. The fraction of sp³-hybridized carbons (Fsp3) is 0.571. The number of aliphatic imine (C=N–C) groups is 1. The van der Waals surface area contributed by atoms with Crippen molar-refractivity contribution in [3.8, 4) is 0 Å². The number of fused-ring (bicyclic) bond motifs is 1. The Labute approximate surface area is 166 Å². The van der Waals surface area contributed by atoms with Gasteiger partial charge in [-0.25, -0.2) is 4.99 Å². The molecule has 1 heterocycles. The maximum absolute atomic E-state index is 11.9. The Morgan fingerprint density at radius 1 is 1.11 bits per heavy atom. The van der Waals surface area contributed by atoms with Crippen molar-refractivity contribution in [2.75, 3.05) is 26.2 Å². The van der Waals surface area contributed by atoms with Crippen molar-refractivity contribution >= 4 is 17.8 Å². The fourth-order valence-corrected chi connectivity index (χ4v) is 4.20. The summed E-state index contributed by atoms with van der Waals surface area (Å²) in [5.74, 6) is 1.76. The normalized spacial score (nSPS) is 21.9. The number of likely N-dealkylation sites (tertiary alicyclic amines) is 1. The van der Waals surface area contributed by atoms with Gasteiger partial charge in [0.15, 0.2) is 5.96 Å². The van der Waals surface area contributed by atoms with Gasteiger partial charge in [-0.2, -0.15) is 0 Å². The van der Waals surface area contributed by atoms with Crippen LogP contribution in [0.15, 0.2) is 29.3 Å². The molecule has 1 saturated carbocycles. The number of benzene rings is 1. The second-order valence-electron chi connectivity index (χ2n) is 7.73. The number of nitrogens with zero attached hydrogens (tertiary/aromatic N) is 2. The Balaban J connectivity index is 1.60. The van der Waals surface area contributed by atoms with E-state index in [0.717, 1.165) is 43.0 Å². The average Bonchev–Trinajstić information content (AvgIpc) is 3.13. The zero-order chi connectivity index (χ0) is 19.9. The Kier molecular flexibility index (Phi) is 6.90. The van der Waals surface area contributed by atoms with E-state index >= 15 is 0 Å². The molecule has 2 amide bonds. The minimum absolute atomic E-state index is 0.158. The van der Waals surface area contributed by atoms with E-state index in [4.69, 9.17) is 10.7 Å². The zero-order valence-electron chi connectivity index (χ0n) is 16.6. The first-order chi connectivity index (χ1) is 13.6. The van der Waals surface area contributed by atoms with Crippen LogP contribution in [0.4, 0.5) is 0 Å². The quantitative estimate of drug-likeness (QED) is 0.510. The van der Waals surface area contributed by atoms with E-state index in [-0.39, 0.29) is 12.5 Å². The Morgan fingerprint density at radius 3 is 2.32 bits per heavy atom. The van der Waals surface area contributed by atoms with Crippen LogP contribution in [0.5, 0.6) is 0 Å². The van der Waals surface area contributed by atoms with Gasteiger partial charge < -0.3 is 21.3 Å². The van der Waals surface area contributed by atoms with Crippen LogP contribution in [0.3, 0.4) is 0 Å². The van der Waals surface area contributed by atoms with Crippen molar-refractivity contribution in [3.05, 3.63) is 35.4 Å². The van der Waals surface area contributed by atoms with Crippen molar-refractivity contribution in [3.63, 3.8) is 0 Å². The van der Waals surface area contributed by atoms with Crippen LogP contribution in [0.1, 0.15) is 48.5 Å². The number of carbonyl (C=O) groups is 2.